The number of hydrogen-bond acceptors (Lipinski definition) is 6. The fourth-order valence-corrected chi connectivity index (χ4v) is 2.93. The highest BCUT2D eigenvalue weighted by Gasteiger charge is 2.12. The minimum Gasteiger partial charge on any atom is -0.488 e. The van der Waals surface area contributed by atoms with Crippen LogP contribution in [0, 0.1) is 10.1 Å². The van der Waals surface area contributed by atoms with Gasteiger partial charge in [0, 0.05) is 6.07 Å². The molecule has 3 aromatic rings. The van der Waals surface area contributed by atoms with Gasteiger partial charge < -0.3 is 4.74 Å². The van der Waals surface area contributed by atoms with E-state index in [0.29, 0.717) is 22.8 Å². The molecule has 3 rings (SSSR count). The van der Waals surface area contributed by atoms with Crippen molar-refractivity contribution in [2.24, 2.45) is 5.10 Å². The van der Waals surface area contributed by atoms with Gasteiger partial charge in [-0.25, -0.2) is 5.43 Å². The summed E-state index contributed by atoms with van der Waals surface area (Å²) in [6.07, 6.45) is 1.36. The highest BCUT2D eigenvalue weighted by Crippen LogP contribution is 2.22. The van der Waals surface area contributed by atoms with Gasteiger partial charge in [-0.1, -0.05) is 53.8 Å². The van der Waals surface area contributed by atoms with E-state index in [1.165, 1.54) is 12.3 Å². The Morgan fingerprint density at radius 3 is 2.59 bits per heavy atom. The average Bonchev–Trinajstić information content (AvgIpc) is 3.17. The van der Waals surface area contributed by atoms with Crippen LogP contribution < -0.4 is 10.2 Å². The maximum absolute atomic E-state index is 12.4. The molecule has 7 nitrogen and oxygen atoms in total. The summed E-state index contributed by atoms with van der Waals surface area (Å²) in [5.74, 6) is 0.0155. The maximum Gasteiger partial charge on any atom is 0.324 e. The number of hydrogen-bond donors (Lipinski definition) is 1. The molecule has 0 aliphatic carbocycles. The third-order valence-electron chi connectivity index (χ3n) is 3.52. The first-order chi connectivity index (χ1) is 13.1. The van der Waals surface area contributed by atoms with Crippen molar-refractivity contribution in [3.05, 3.63) is 92.8 Å². The number of nitro groups is 1. The number of carbonyl (C=O) groups excluding carboxylic acids is 1. The van der Waals surface area contributed by atoms with E-state index in [1.807, 2.05) is 30.3 Å². The van der Waals surface area contributed by atoms with Crippen LogP contribution in [0.15, 0.2) is 71.8 Å². The number of amides is 1. The first-order valence-corrected chi connectivity index (χ1v) is 8.78. The average molecular weight is 381 g/mol. The second-order valence-electron chi connectivity index (χ2n) is 5.40. The summed E-state index contributed by atoms with van der Waals surface area (Å²) >= 11 is 0.973. The van der Waals surface area contributed by atoms with Gasteiger partial charge >= 0.3 is 5.00 Å². The first kappa shape index (κ1) is 18.3. The molecule has 0 fully saturated rings. The minimum absolute atomic E-state index is 0.0161. The van der Waals surface area contributed by atoms with Crippen LogP contribution in [-0.4, -0.2) is 17.0 Å². The van der Waals surface area contributed by atoms with Crippen LogP contribution in [0.25, 0.3) is 0 Å². The Labute approximate surface area is 159 Å². The Kier molecular flexibility index (Phi) is 5.91. The van der Waals surface area contributed by atoms with Gasteiger partial charge in [-0.15, -0.1) is 0 Å². The van der Waals surface area contributed by atoms with Gasteiger partial charge in [0.2, 0.25) is 0 Å². The summed E-state index contributed by atoms with van der Waals surface area (Å²) < 4.78 is 5.75. The zero-order valence-corrected chi connectivity index (χ0v) is 14.9. The van der Waals surface area contributed by atoms with E-state index in [1.54, 1.807) is 30.3 Å². The molecule has 0 saturated heterocycles. The Morgan fingerprint density at radius 2 is 1.85 bits per heavy atom. The molecule has 1 aromatic heterocycles. The number of para-hydroxylation sites is 1. The molecule has 0 spiro atoms. The van der Waals surface area contributed by atoms with Crippen LogP contribution in [0.1, 0.15) is 20.8 Å². The Hall–Kier alpha value is -3.52. The summed E-state index contributed by atoms with van der Waals surface area (Å²) in [5, 5.41) is 14.5. The summed E-state index contributed by atoms with van der Waals surface area (Å²) in [4.78, 5) is 23.1. The molecule has 1 heterocycles. The number of nitrogens with one attached hydrogen (secondary N) is 1. The standard InChI is InChI=1S/C19H15N3O4S/c23-19(21-20-12-15-10-11-18(27-15)22(24)25)16-8-4-5-9-17(16)26-13-14-6-2-1-3-7-14/h1-12H,13H2,(H,21,23)/b20-12-. The molecule has 0 saturated carbocycles. The largest absolute Gasteiger partial charge is 0.488 e. The van der Waals surface area contributed by atoms with Gasteiger partial charge in [-0.2, -0.15) is 5.10 Å². The maximum atomic E-state index is 12.4. The zero-order valence-electron chi connectivity index (χ0n) is 14.1. The van der Waals surface area contributed by atoms with Crippen LogP contribution in [0.2, 0.25) is 0 Å². The normalized spacial score (nSPS) is 10.7. The van der Waals surface area contributed by atoms with Crippen LogP contribution in [0.3, 0.4) is 0 Å². The molecular formula is C19H15N3O4S. The van der Waals surface area contributed by atoms with E-state index in [0.717, 1.165) is 16.9 Å². The lowest BCUT2D eigenvalue weighted by molar-refractivity contribution is -0.380. The summed E-state index contributed by atoms with van der Waals surface area (Å²) in [6, 6.07) is 19.5. The molecule has 136 valence electrons. The number of rotatable bonds is 7. The Bertz CT molecular complexity index is 970. The first-order valence-electron chi connectivity index (χ1n) is 7.97. The van der Waals surface area contributed by atoms with E-state index in [2.05, 4.69) is 10.5 Å². The molecule has 27 heavy (non-hydrogen) atoms. The third kappa shape index (κ3) is 4.99. The highest BCUT2D eigenvalue weighted by molar-refractivity contribution is 7.16. The summed E-state index contributed by atoms with van der Waals surface area (Å²) in [6.45, 7) is 0.341. The SMILES string of the molecule is O=C(N/N=C\c1ccc([N+](=O)[O-])s1)c1ccccc1OCc1ccccc1. The predicted octanol–water partition coefficient (Wildman–Crippen LogP) is 4.00. The van der Waals surface area contributed by atoms with Gasteiger partial charge in [0.15, 0.2) is 0 Å². The number of ether oxygens (including phenoxy) is 1. The quantitative estimate of drug-likeness (QED) is 0.380. The smallest absolute Gasteiger partial charge is 0.324 e. The van der Waals surface area contributed by atoms with Gasteiger partial charge in [-0.05, 0) is 23.8 Å². The lowest BCUT2D eigenvalue weighted by Crippen LogP contribution is -2.18. The van der Waals surface area contributed by atoms with E-state index in [4.69, 9.17) is 4.74 Å². The molecule has 0 aliphatic rings. The van der Waals surface area contributed by atoms with Gasteiger partial charge in [0.05, 0.1) is 21.6 Å². The van der Waals surface area contributed by atoms with Crippen molar-refractivity contribution in [3.8, 4) is 5.75 Å². The molecule has 8 heteroatoms. The number of thiophene rings is 1. The van der Waals surface area contributed by atoms with Crippen LogP contribution in [-0.2, 0) is 6.61 Å². The van der Waals surface area contributed by atoms with E-state index in [-0.39, 0.29) is 5.00 Å². The molecule has 1 N–H and O–H groups in total. The van der Waals surface area contributed by atoms with Crippen molar-refractivity contribution in [2.45, 2.75) is 6.61 Å². The highest BCUT2D eigenvalue weighted by atomic mass is 32.1. The van der Waals surface area contributed by atoms with Gasteiger partial charge in [0.1, 0.15) is 12.4 Å². The van der Waals surface area contributed by atoms with Crippen molar-refractivity contribution in [3.63, 3.8) is 0 Å². The van der Waals surface area contributed by atoms with Crippen LogP contribution in [0.5, 0.6) is 5.75 Å². The summed E-state index contributed by atoms with van der Waals surface area (Å²) in [7, 11) is 0. The van der Waals surface area contributed by atoms with Crippen LogP contribution in [0.4, 0.5) is 5.00 Å². The predicted molar refractivity (Wildman–Crippen MR) is 103 cm³/mol. The van der Waals surface area contributed by atoms with Crippen LogP contribution >= 0.6 is 11.3 Å². The third-order valence-corrected chi connectivity index (χ3v) is 4.49. The molecule has 0 radical (unpaired) electrons. The molecule has 0 aliphatic heterocycles. The lowest BCUT2D eigenvalue weighted by Gasteiger charge is -2.10. The Morgan fingerprint density at radius 1 is 1.11 bits per heavy atom. The second-order valence-corrected chi connectivity index (χ2v) is 6.50. The molecular weight excluding hydrogens is 366 g/mol. The minimum atomic E-state index is -0.471. The van der Waals surface area contributed by atoms with E-state index >= 15 is 0 Å². The van der Waals surface area contributed by atoms with Crippen molar-refractivity contribution in [2.75, 3.05) is 0 Å². The monoisotopic (exact) mass is 381 g/mol. The lowest BCUT2D eigenvalue weighted by atomic mass is 10.2. The number of hydrazone groups is 1. The van der Waals surface area contributed by atoms with Crippen molar-refractivity contribution in [1.82, 2.24) is 5.43 Å². The second kappa shape index (κ2) is 8.72. The number of carbonyl (C=O) groups is 1. The molecule has 1 amide bonds. The molecule has 0 unspecified atom stereocenters. The molecule has 2 aromatic carbocycles. The van der Waals surface area contributed by atoms with Gasteiger partial charge in [0.25, 0.3) is 5.91 Å². The van der Waals surface area contributed by atoms with Crippen molar-refractivity contribution < 1.29 is 14.5 Å². The zero-order chi connectivity index (χ0) is 19.1. The fraction of sp³-hybridized carbons (Fsp3) is 0.0526. The van der Waals surface area contributed by atoms with E-state index < -0.39 is 10.8 Å². The summed E-state index contributed by atoms with van der Waals surface area (Å²) in [5.41, 5.74) is 3.75. The number of nitrogens with zero attached hydrogens (tertiary/aromatic N) is 2. The van der Waals surface area contributed by atoms with Gasteiger partial charge in [-0.3, -0.25) is 14.9 Å². The molecule has 0 bridgehead atoms. The van der Waals surface area contributed by atoms with E-state index in [9.17, 15) is 14.9 Å². The molecule has 0 atom stereocenters. The number of benzene rings is 2. The topological polar surface area (TPSA) is 93.8 Å². The Balaban J connectivity index is 1.64. The van der Waals surface area contributed by atoms with Crippen molar-refractivity contribution in [1.29, 1.82) is 0 Å². The fourth-order valence-electron chi connectivity index (χ4n) is 2.24. The van der Waals surface area contributed by atoms with Crippen molar-refractivity contribution >= 4 is 28.5 Å².